The van der Waals surface area contributed by atoms with Crippen molar-refractivity contribution in [2.75, 3.05) is 6.26 Å². The average molecular weight is 274 g/mol. The Morgan fingerprint density at radius 1 is 1.06 bits per heavy atom. The first-order valence-electron chi connectivity index (χ1n) is 7.25. The van der Waals surface area contributed by atoms with E-state index < -0.39 is 9.84 Å². The zero-order valence-electron chi connectivity index (χ0n) is 11.5. The van der Waals surface area contributed by atoms with Crippen molar-refractivity contribution in [3.63, 3.8) is 0 Å². The van der Waals surface area contributed by atoms with E-state index in [1.807, 2.05) is 0 Å². The number of aliphatic hydroxyl groups is 1. The number of aliphatic hydroxyl groups excluding tert-OH is 1. The second-order valence-corrected chi connectivity index (χ2v) is 8.87. The van der Waals surface area contributed by atoms with Gasteiger partial charge in [0.05, 0.1) is 11.4 Å². The van der Waals surface area contributed by atoms with Crippen molar-refractivity contribution in [1.82, 2.24) is 0 Å². The van der Waals surface area contributed by atoms with Crippen molar-refractivity contribution in [3.8, 4) is 0 Å². The molecule has 2 aliphatic rings. The van der Waals surface area contributed by atoms with Crippen molar-refractivity contribution >= 4 is 9.84 Å². The third kappa shape index (κ3) is 3.27. The number of sulfone groups is 1. The highest BCUT2D eigenvalue weighted by Gasteiger charge is 2.37. The molecule has 2 fully saturated rings. The zero-order chi connectivity index (χ0) is 13.3. The average Bonchev–Trinajstić information content (AvgIpc) is 2.74. The topological polar surface area (TPSA) is 54.4 Å². The van der Waals surface area contributed by atoms with Gasteiger partial charge in [0.2, 0.25) is 0 Å². The maximum absolute atomic E-state index is 11.6. The van der Waals surface area contributed by atoms with Crippen LogP contribution in [-0.4, -0.2) is 31.1 Å². The van der Waals surface area contributed by atoms with Crippen LogP contribution in [0.3, 0.4) is 0 Å². The lowest BCUT2D eigenvalue weighted by Crippen LogP contribution is -2.36. The van der Waals surface area contributed by atoms with Gasteiger partial charge in [0.25, 0.3) is 0 Å². The maximum atomic E-state index is 11.6. The summed E-state index contributed by atoms with van der Waals surface area (Å²) in [7, 11) is -2.94. The second kappa shape index (κ2) is 5.49. The Morgan fingerprint density at radius 3 is 2.28 bits per heavy atom. The summed E-state index contributed by atoms with van der Waals surface area (Å²) in [5.41, 5.74) is 0. The predicted octanol–water partition coefficient (Wildman–Crippen LogP) is 2.39. The molecule has 1 N–H and O–H groups in total. The standard InChI is InChI=1S/C14H26O3S/c1-10-6-7-12(8-10)14(15)11-4-3-5-13(9-11)18(2,16)17/h10-15H,3-9H2,1-2H3. The minimum Gasteiger partial charge on any atom is -0.393 e. The van der Waals surface area contributed by atoms with Gasteiger partial charge in [0.1, 0.15) is 9.84 Å². The molecular formula is C14H26O3S. The van der Waals surface area contributed by atoms with E-state index in [2.05, 4.69) is 6.92 Å². The maximum Gasteiger partial charge on any atom is 0.150 e. The molecule has 0 aromatic heterocycles. The number of rotatable bonds is 3. The highest BCUT2D eigenvalue weighted by atomic mass is 32.2. The van der Waals surface area contributed by atoms with E-state index in [1.165, 1.54) is 12.7 Å². The smallest absolute Gasteiger partial charge is 0.150 e. The fourth-order valence-corrected chi connectivity index (χ4v) is 5.02. The molecule has 2 saturated carbocycles. The van der Waals surface area contributed by atoms with E-state index in [9.17, 15) is 13.5 Å². The normalized spacial score (nSPS) is 39.7. The van der Waals surface area contributed by atoms with Crippen LogP contribution in [0.1, 0.15) is 51.9 Å². The number of hydrogen-bond acceptors (Lipinski definition) is 3. The van der Waals surface area contributed by atoms with Gasteiger partial charge >= 0.3 is 0 Å². The van der Waals surface area contributed by atoms with Crippen molar-refractivity contribution in [3.05, 3.63) is 0 Å². The molecule has 0 heterocycles. The molecular weight excluding hydrogens is 248 g/mol. The highest BCUT2D eigenvalue weighted by molar-refractivity contribution is 7.91. The molecule has 0 aliphatic heterocycles. The quantitative estimate of drug-likeness (QED) is 0.859. The van der Waals surface area contributed by atoms with Crippen molar-refractivity contribution in [2.24, 2.45) is 17.8 Å². The molecule has 18 heavy (non-hydrogen) atoms. The molecule has 0 spiro atoms. The monoisotopic (exact) mass is 274 g/mol. The molecule has 0 bridgehead atoms. The van der Waals surface area contributed by atoms with Crippen LogP contribution >= 0.6 is 0 Å². The van der Waals surface area contributed by atoms with Gasteiger partial charge in [-0.3, -0.25) is 0 Å². The molecule has 0 amide bonds. The van der Waals surface area contributed by atoms with Gasteiger partial charge in [-0.25, -0.2) is 8.42 Å². The molecule has 5 atom stereocenters. The summed E-state index contributed by atoms with van der Waals surface area (Å²) in [5.74, 6) is 1.33. The van der Waals surface area contributed by atoms with Gasteiger partial charge in [-0.05, 0) is 49.9 Å². The van der Waals surface area contributed by atoms with Crippen molar-refractivity contribution < 1.29 is 13.5 Å². The van der Waals surface area contributed by atoms with Gasteiger partial charge < -0.3 is 5.11 Å². The Kier molecular flexibility index (Phi) is 4.37. The molecule has 4 heteroatoms. The first kappa shape index (κ1) is 14.3. The number of hydrogen-bond donors (Lipinski definition) is 1. The van der Waals surface area contributed by atoms with Gasteiger partial charge in [0, 0.05) is 6.26 Å². The third-order valence-corrected chi connectivity index (χ3v) is 6.61. The summed E-state index contributed by atoms with van der Waals surface area (Å²) < 4.78 is 23.3. The molecule has 3 nitrogen and oxygen atoms in total. The van der Waals surface area contributed by atoms with Crippen LogP contribution < -0.4 is 0 Å². The molecule has 5 unspecified atom stereocenters. The fourth-order valence-electron chi connectivity index (χ4n) is 3.83. The lowest BCUT2D eigenvalue weighted by Gasteiger charge is -2.34. The Balaban J connectivity index is 1.96. The van der Waals surface area contributed by atoms with Gasteiger partial charge in [0.15, 0.2) is 0 Å². The van der Waals surface area contributed by atoms with Crippen LogP contribution in [0.15, 0.2) is 0 Å². The molecule has 0 aromatic rings. The second-order valence-electron chi connectivity index (χ2n) is 6.55. The molecule has 106 valence electrons. The van der Waals surface area contributed by atoms with E-state index in [-0.39, 0.29) is 17.3 Å². The van der Waals surface area contributed by atoms with Crippen LogP contribution in [0.25, 0.3) is 0 Å². The van der Waals surface area contributed by atoms with Gasteiger partial charge in [-0.2, -0.15) is 0 Å². The molecule has 0 saturated heterocycles. The molecule has 2 rings (SSSR count). The minimum absolute atomic E-state index is 0.203. The first-order chi connectivity index (χ1) is 8.38. The third-order valence-electron chi connectivity index (χ3n) is 4.97. The van der Waals surface area contributed by atoms with E-state index >= 15 is 0 Å². The van der Waals surface area contributed by atoms with Crippen LogP contribution in [0, 0.1) is 17.8 Å². The zero-order valence-corrected chi connectivity index (χ0v) is 12.3. The summed E-state index contributed by atoms with van der Waals surface area (Å²) in [6.07, 6.45) is 7.89. The summed E-state index contributed by atoms with van der Waals surface area (Å²) >= 11 is 0. The predicted molar refractivity (Wildman–Crippen MR) is 73.1 cm³/mol. The van der Waals surface area contributed by atoms with Crippen LogP contribution in [0.5, 0.6) is 0 Å². The summed E-state index contributed by atoms with van der Waals surface area (Å²) in [6.45, 7) is 2.24. The molecule has 0 aromatic carbocycles. The highest BCUT2D eigenvalue weighted by Crippen LogP contribution is 2.39. The van der Waals surface area contributed by atoms with Crippen LogP contribution in [-0.2, 0) is 9.84 Å². The first-order valence-corrected chi connectivity index (χ1v) is 9.20. The largest absolute Gasteiger partial charge is 0.393 e. The summed E-state index contributed by atoms with van der Waals surface area (Å²) in [6, 6.07) is 0. The SMILES string of the molecule is CC1CCC(C(O)C2CCCC(S(C)(=O)=O)C2)C1. The van der Waals surface area contributed by atoms with Crippen LogP contribution in [0.4, 0.5) is 0 Å². The lowest BCUT2D eigenvalue weighted by molar-refractivity contribution is 0.0350. The van der Waals surface area contributed by atoms with Crippen LogP contribution in [0.2, 0.25) is 0 Å². The van der Waals surface area contributed by atoms with Gasteiger partial charge in [-0.1, -0.05) is 19.8 Å². The van der Waals surface area contributed by atoms with E-state index in [4.69, 9.17) is 0 Å². The summed E-state index contributed by atoms with van der Waals surface area (Å²) in [5, 5.41) is 10.3. The Hall–Kier alpha value is -0.0900. The Labute approximate surface area is 111 Å². The van der Waals surface area contributed by atoms with Crippen molar-refractivity contribution in [1.29, 1.82) is 0 Å². The minimum atomic E-state index is -2.94. The van der Waals surface area contributed by atoms with E-state index in [1.54, 1.807) is 0 Å². The van der Waals surface area contributed by atoms with Gasteiger partial charge in [-0.15, -0.1) is 0 Å². The van der Waals surface area contributed by atoms with Crippen molar-refractivity contribution in [2.45, 2.75) is 63.2 Å². The summed E-state index contributed by atoms with van der Waals surface area (Å²) in [4.78, 5) is 0. The fraction of sp³-hybridized carbons (Fsp3) is 1.00. The Morgan fingerprint density at radius 2 is 1.72 bits per heavy atom. The molecule has 2 aliphatic carbocycles. The van der Waals surface area contributed by atoms with E-state index in [0.29, 0.717) is 12.3 Å². The van der Waals surface area contributed by atoms with E-state index in [0.717, 1.165) is 38.0 Å². The molecule has 0 radical (unpaired) electrons. The Bertz CT molecular complexity index is 377. The lowest BCUT2D eigenvalue weighted by atomic mass is 9.79.